The molecule has 1 amide bonds. The van der Waals surface area contributed by atoms with Crippen LogP contribution in [0.15, 0.2) is 42.7 Å². The van der Waals surface area contributed by atoms with Crippen LogP contribution in [0.3, 0.4) is 0 Å². The van der Waals surface area contributed by atoms with Gasteiger partial charge in [-0.2, -0.15) is 27.1 Å². The maximum absolute atomic E-state index is 12.8. The lowest BCUT2D eigenvalue weighted by atomic mass is 10.2. The number of alkyl halides is 5. The molecule has 0 aliphatic heterocycles. The van der Waals surface area contributed by atoms with Crippen molar-refractivity contribution in [2.75, 3.05) is 5.32 Å². The summed E-state index contributed by atoms with van der Waals surface area (Å²) in [6, 6.07) is 6.95. The van der Waals surface area contributed by atoms with Gasteiger partial charge in [0.05, 0.1) is 5.69 Å². The van der Waals surface area contributed by atoms with E-state index in [0.29, 0.717) is 5.69 Å². The number of nitrogens with one attached hydrogen (secondary N) is 1. The van der Waals surface area contributed by atoms with Crippen molar-refractivity contribution >= 4 is 11.6 Å². The van der Waals surface area contributed by atoms with Crippen molar-refractivity contribution < 1.29 is 26.7 Å². The molecule has 2 aromatic rings. The van der Waals surface area contributed by atoms with Crippen LogP contribution in [0.1, 0.15) is 0 Å². The molecule has 0 saturated heterocycles. The molecular formula is C12H8F5N3O. The molecule has 4 nitrogen and oxygen atoms in total. The van der Waals surface area contributed by atoms with Crippen LogP contribution in [-0.4, -0.2) is 27.8 Å². The van der Waals surface area contributed by atoms with Gasteiger partial charge < -0.3 is 5.32 Å². The lowest BCUT2D eigenvalue weighted by Crippen LogP contribution is -2.47. The Labute approximate surface area is 115 Å². The van der Waals surface area contributed by atoms with E-state index in [9.17, 15) is 26.7 Å². The minimum absolute atomic E-state index is 0.197. The number of benzene rings is 1. The fourth-order valence-electron chi connectivity index (χ4n) is 1.49. The molecule has 0 bridgehead atoms. The zero-order valence-electron chi connectivity index (χ0n) is 10.2. The Hall–Kier alpha value is -2.45. The second-order valence-corrected chi connectivity index (χ2v) is 4.03. The van der Waals surface area contributed by atoms with Gasteiger partial charge >= 0.3 is 18.0 Å². The summed E-state index contributed by atoms with van der Waals surface area (Å²) in [6.45, 7) is 0. The number of halogens is 5. The van der Waals surface area contributed by atoms with Crippen LogP contribution in [0.4, 0.5) is 27.6 Å². The maximum atomic E-state index is 12.8. The predicted octanol–water partition coefficient (Wildman–Crippen LogP) is 3.01. The van der Waals surface area contributed by atoms with Crippen molar-refractivity contribution in [3.63, 3.8) is 0 Å². The number of rotatable bonds is 3. The molecule has 1 aromatic carbocycles. The molecule has 0 fully saturated rings. The third kappa shape index (κ3) is 3.01. The van der Waals surface area contributed by atoms with Gasteiger partial charge in [0, 0.05) is 18.1 Å². The van der Waals surface area contributed by atoms with Crippen LogP contribution in [0.2, 0.25) is 0 Å². The van der Waals surface area contributed by atoms with Crippen molar-refractivity contribution in [3.8, 4) is 5.69 Å². The highest BCUT2D eigenvalue weighted by atomic mass is 19.4. The SMILES string of the molecule is O=C(Nc1cccc(-n2cccn2)c1)C(F)(F)C(F)(F)F. The normalized spacial score (nSPS) is 12.2. The number of anilines is 1. The summed E-state index contributed by atoms with van der Waals surface area (Å²) in [4.78, 5) is 11.1. The van der Waals surface area contributed by atoms with E-state index in [1.807, 2.05) is 0 Å². The smallest absolute Gasteiger partial charge is 0.320 e. The zero-order valence-corrected chi connectivity index (χ0v) is 10.2. The van der Waals surface area contributed by atoms with Gasteiger partial charge in [0.1, 0.15) is 0 Å². The predicted molar refractivity (Wildman–Crippen MR) is 63.2 cm³/mol. The van der Waals surface area contributed by atoms with Crippen LogP contribution in [-0.2, 0) is 4.79 Å². The molecule has 21 heavy (non-hydrogen) atoms. The largest absolute Gasteiger partial charge is 0.463 e. The molecule has 1 heterocycles. The van der Waals surface area contributed by atoms with Gasteiger partial charge in [0.15, 0.2) is 0 Å². The molecule has 1 N–H and O–H groups in total. The third-order valence-electron chi connectivity index (χ3n) is 2.51. The number of amides is 1. The van der Waals surface area contributed by atoms with E-state index in [1.54, 1.807) is 23.6 Å². The number of nitrogens with zero attached hydrogens (tertiary/aromatic N) is 2. The number of carbonyl (C=O) groups is 1. The molecule has 1 aromatic heterocycles. The number of hydrogen-bond donors (Lipinski definition) is 1. The molecule has 0 spiro atoms. The Morgan fingerprint density at radius 3 is 2.43 bits per heavy atom. The minimum atomic E-state index is -5.95. The summed E-state index contributed by atoms with van der Waals surface area (Å²) in [5.41, 5.74) is 0.199. The van der Waals surface area contributed by atoms with Crippen molar-refractivity contribution in [1.82, 2.24) is 9.78 Å². The Bertz CT molecular complexity index is 637. The van der Waals surface area contributed by atoms with Crippen LogP contribution in [0.5, 0.6) is 0 Å². The van der Waals surface area contributed by atoms with Crippen molar-refractivity contribution in [1.29, 1.82) is 0 Å². The quantitative estimate of drug-likeness (QED) is 0.886. The van der Waals surface area contributed by atoms with E-state index in [4.69, 9.17) is 0 Å². The van der Waals surface area contributed by atoms with Gasteiger partial charge in [-0.1, -0.05) is 6.07 Å². The van der Waals surface area contributed by atoms with E-state index < -0.39 is 18.0 Å². The van der Waals surface area contributed by atoms with E-state index in [1.165, 1.54) is 29.1 Å². The highest BCUT2D eigenvalue weighted by Crippen LogP contribution is 2.36. The average Bonchev–Trinajstić information content (AvgIpc) is 2.91. The Morgan fingerprint density at radius 2 is 1.86 bits per heavy atom. The molecule has 0 unspecified atom stereocenters. The molecule has 2 rings (SSSR count). The summed E-state index contributed by atoms with van der Waals surface area (Å²) in [5, 5.41) is 5.41. The third-order valence-corrected chi connectivity index (χ3v) is 2.51. The molecule has 112 valence electrons. The molecular weight excluding hydrogens is 297 g/mol. The van der Waals surface area contributed by atoms with Gasteiger partial charge in [-0.15, -0.1) is 0 Å². The summed E-state index contributed by atoms with van der Waals surface area (Å²) < 4.78 is 63.2. The molecule has 0 radical (unpaired) electrons. The number of aromatic nitrogens is 2. The number of carbonyl (C=O) groups excluding carboxylic acids is 1. The van der Waals surface area contributed by atoms with Crippen LogP contribution >= 0.6 is 0 Å². The molecule has 0 aliphatic rings. The van der Waals surface area contributed by atoms with Gasteiger partial charge in [-0.05, 0) is 24.3 Å². The first kappa shape index (κ1) is 14.9. The Morgan fingerprint density at radius 1 is 1.14 bits per heavy atom. The van der Waals surface area contributed by atoms with Gasteiger partial charge in [0.25, 0.3) is 0 Å². The molecule has 9 heteroatoms. The fraction of sp³-hybridized carbons (Fsp3) is 0.167. The lowest BCUT2D eigenvalue weighted by Gasteiger charge is -2.18. The van der Waals surface area contributed by atoms with Crippen LogP contribution < -0.4 is 5.32 Å². The van der Waals surface area contributed by atoms with Crippen molar-refractivity contribution in [2.24, 2.45) is 0 Å². The van der Waals surface area contributed by atoms with Crippen molar-refractivity contribution in [2.45, 2.75) is 12.1 Å². The average molecular weight is 305 g/mol. The molecule has 0 saturated carbocycles. The first-order chi connectivity index (χ1) is 9.72. The summed E-state index contributed by atoms with van der Waals surface area (Å²) in [5.74, 6) is -7.90. The molecule has 0 aliphatic carbocycles. The summed E-state index contributed by atoms with van der Waals surface area (Å²) in [7, 11) is 0. The highest BCUT2D eigenvalue weighted by Gasteiger charge is 2.63. The van der Waals surface area contributed by atoms with E-state index in [-0.39, 0.29) is 5.69 Å². The number of hydrogen-bond acceptors (Lipinski definition) is 2. The lowest BCUT2D eigenvalue weighted by molar-refractivity contribution is -0.267. The summed E-state index contributed by atoms with van der Waals surface area (Å²) in [6.07, 6.45) is -2.94. The highest BCUT2D eigenvalue weighted by molar-refractivity contribution is 5.96. The monoisotopic (exact) mass is 305 g/mol. The first-order valence-electron chi connectivity index (χ1n) is 5.58. The van der Waals surface area contributed by atoms with Crippen LogP contribution in [0.25, 0.3) is 5.69 Å². The van der Waals surface area contributed by atoms with Gasteiger partial charge in [0.2, 0.25) is 0 Å². The van der Waals surface area contributed by atoms with Gasteiger partial charge in [-0.3, -0.25) is 4.79 Å². The zero-order chi connectivity index (χ0) is 15.7. The Kier molecular flexibility index (Phi) is 3.67. The maximum Gasteiger partial charge on any atom is 0.463 e. The minimum Gasteiger partial charge on any atom is -0.320 e. The van der Waals surface area contributed by atoms with Crippen molar-refractivity contribution in [3.05, 3.63) is 42.7 Å². The first-order valence-corrected chi connectivity index (χ1v) is 5.58. The molecule has 0 atom stereocenters. The topological polar surface area (TPSA) is 46.9 Å². The standard InChI is InChI=1S/C12H8F5N3O/c13-11(14,12(15,16)17)10(21)19-8-3-1-4-9(7-8)20-6-2-5-18-20/h1-7H,(H,19,21). The van der Waals surface area contributed by atoms with E-state index in [2.05, 4.69) is 5.10 Å². The summed E-state index contributed by atoms with van der Waals surface area (Å²) >= 11 is 0. The van der Waals surface area contributed by atoms with Gasteiger partial charge in [-0.25, -0.2) is 4.68 Å². The van der Waals surface area contributed by atoms with Crippen LogP contribution in [0, 0.1) is 0 Å². The second kappa shape index (κ2) is 5.15. The van der Waals surface area contributed by atoms with E-state index >= 15 is 0 Å². The fourth-order valence-corrected chi connectivity index (χ4v) is 1.49. The Balaban J connectivity index is 2.21. The second-order valence-electron chi connectivity index (χ2n) is 4.03. The van der Waals surface area contributed by atoms with E-state index in [0.717, 1.165) is 0 Å².